The Bertz CT molecular complexity index is 524. The van der Waals surface area contributed by atoms with E-state index in [1.165, 1.54) is 11.3 Å². The predicted octanol–water partition coefficient (Wildman–Crippen LogP) is 2.00. The number of amides is 1. The second kappa shape index (κ2) is 5.27. The largest absolute Gasteiger partial charge is 0.294 e. The number of halogens is 1. The van der Waals surface area contributed by atoms with Gasteiger partial charge in [-0.25, -0.2) is 10.8 Å². The summed E-state index contributed by atoms with van der Waals surface area (Å²) in [5.74, 6) is 4.76. The number of hydrogen-bond donors (Lipinski definition) is 2. The first kappa shape index (κ1) is 12.0. The summed E-state index contributed by atoms with van der Waals surface area (Å²) in [6, 6.07) is 7.41. The number of nitrogens with zero attached hydrogens (tertiary/aromatic N) is 1. The van der Waals surface area contributed by atoms with Crippen molar-refractivity contribution in [2.75, 3.05) is 0 Å². The molecule has 0 radical (unpaired) electrons. The maximum Gasteiger partial charge on any atom is 0.239 e. The molecule has 1 aromatic carbocycles. The smallest absolute Gasteiger partial charge is 0.239 e. The van der Waals surface area contributed by atoms with E-state index in [1.807, 2.05) is 29.6 Å². The minimum absolute atomic E-state index is 0.195. The number of carbonyl (C=O) groups excluding carboxylic acids is 1. The number of aromatic nitrogens is 1. The van der Waals surface area contributed by atoms with Crippen molar-refractivity contribution in [3.63, 3.8) is 0 Å². The lowest BCUT2D eigenvalue weighted by Gasteiger charge is -1.96. The molecule has 0 bridgehead atoms. The van der Waals surface area contributed by atoms with Gasteiger partial charge in [-0.3, -0.25) is 10.2 Å². The lowest BCUT2D eigenvalue weighted by Crippen LogP contribution is -2.31. The summed E-state index contributed by atoms with van der Waals surface area (Å²) >= 11 is 7.29. The zero-order valence-corrected chi connectivity index (χ0v) is 10.4. The molecule has 3 N–H and O–H groups in total. The van der Waals surface area contributed by atoms with Gasteiger partial charge in [0.2, 0.25) is 5.91 Å². The highest BCUT2D eigenvalue weighted by Gasteiger charge is 2.07. The number of hydrogen-bond acceptors (Lipinski definition) is 4. The number of thiazole rings is 1. The third kappa shape index (κ3) is 3.03. The fourth-order valence-corrected chi connectivity index (χ4v) is 2.28. The van der Waals surface area contributed by atoms with E-state index in [-0.39, 0.29) is 12.3 Å². The minimum atomic E-state index is -0.252. The van der Waals surface area contributed by atoms with Gasteiger partial charge in [-0.1, -0.05) is 23.7 Å². The monoisotopic (exact) mass is 267 g/mol. The molecule has 0 unspecified atom stereocenters. The van der Waals surface area contributed by atoms with Crippen molar-refractivity contribution in [1.29, 1.82) is 0 Å². The molecule has 1 heterocycles. The minimum Gasteiger partial charge on any atom is -0.294 e. The number of carbonyl (C=O) groups is 1. The van der Waals surface area contributed by atoms with Gasteiger partial charge in [0.25, 0.3) is 0 Å². The van der Waals surface area contributed by atoms with Gasteiger partial charge in [0, 0.05) is 16.0 Å². The first-order valence-electron chi connectivity index (χ1n) is 4.89. The highest BCUT2D eigenvalue weighted by atomic mass is 35.5. The van der Waals surface area contributed by atoms with E-state index in [2.05, 4.69) is 10.4 Å². The van der Waals surface area contributed by atoms with E-state index in [0.29, 0.717) is 10.7 Å². The number of nitrogens with two attached hydrogens (primary N) is 1. The standard InChI is InChI=1S/C11H10ClN3OS/c12-8-3-1-7(2-4-8)11-14-9(6-17-11)5-10(16)15-13/h1-4,6H,5,13H2,(H,15,16). The van der Waals surface area contributed by atoms with E-state index in [1.54, 1.807) is 0 Å². The summed E-state index contributed by atoms with van der Waals surface area (Å²) in [4.78, 5) is 15.4. The van der Waals surface area contributed by atoms with Crippen molar-refractivity contribution < 1.29 is 4.79 Å². The second-order valence-corrected chi connectivity index (χ2v) is 4.69. The van der Waals surface area contributed by atoms with Crippen LogP contribution in [0.15, 0.2) is 29.6 Å². The van der Waals surface area contributed by atoms with E-state index in [4.69, 9.17) is 17.4 Å². The van der Waals surface area contributed by atoms with Crippen molar-refractivity contribution in [2.24, 2.45) is 5.84 Å². The normalized spacial score (nSPS) is 10.2. The Morgan fingerprint density at radius 3 is 2.76 bits per heavy atom. The van der Waals surface area contributed by atoms with Gasteiger partial charge in [-0.15, -0.1) is 11.3 Å². The Hall–Kier alpha value is -1.43. The van der Waals surface area contributed by atoms with Crippen molar-refractivity contribution in [3.05, 3.63) is 40.4 Å². The quantitative estimate of drug-likeness (QED) is 0.508. The molecule has 2 rings (SSSR count). The van der Waals surface area contributed by atoms with Gasteiger partial charge in [-0.2, -0.15) is 0 Å². The molecular formula is C11H10ClN3OS. The van der Waals surface area contributed by atoms with Gasteiger partial charge < -0.3 is 0 Å². The molecule has 0 atom stereocenters. The van der Waals surface area contributed by atoms with Crippen LogP contribution in [-0.4, -0.2) is 10.9 Å². The summed E-state index contributed by atoms with van der Waals surface area (Å²) in [5, 5.41) is 3.40. The average molecular weight is 268 g/mol. The van der Waals surface area contributed by atoms with Gasteiger partial charge in [0.15, 0.2) is 0 Å². The van der Waals surface area contributed by atoms with Crippen LogP contribution in [0.2, 0.25) is 5.02 Å². The molecule has 0 aliphatic rings. The highest BCUT2D eigenvalue weighted by molar-refractivity contribution is 7.13. The fourth-order valence-electron chi connectivity index (χ4n) is 1.33. The van der Waals surface area contributed by atoms with E-state index in [9.17, 15) is 4.79 Å². The van der Waals surface area contributed by atoms with Crippen LogP contribution in [0.3, 0.4) is 0 Å². The van der Waals surface area contributed by atoms with Crippen LogP contribution in [0.1, 0.15) is 5.69 Å². The SMILES string of the molecule is NNC(=O)Cc1csc(-c2ccc(Cl)cc2)n1. The molecular weight excluding hydrogens is 258 g/mol. The van der Waals surface area contributed by atoms with E-state index >= 15 is 0 Å². The Morgan fingerprint density at radius 1 is 1.41 bits per heavy atom. The van der Waals surface area contributed by atoms with Crippen LogP contribution in [-0.2, 0) is 11.2 Å². The lowest BCUT2D eigenvalue weighted by atomic mass is 10.2. The molecule has 0 saturated carbocycles. The summed E-state index contributed by atoms with van der Waals surface area (Å²) in [7, 11) is 0. The summed E-state index contributed by atoms with van der Waals surface area (Å²) < 4.78 is 0. The van der Waals surface area contributed by atoms with Crippen LogP contribution in [0.4, 0.5) is 0 Å². The molecule has 0 saturated heterocycles. The van der Waals surface area contributed by atoms with E-state index in [0.717, 1.165) is 10.6 Å². The molecule has 6 heteroatoms. The first-order chi connectivity index (χ1) is 8.19. The summed E-state index contributed by atoms with van der Waals surface area (Å²) in [6.45, 7) is 0. The number of hydrazine groups is 1. The molecule has 0 aliphatic heterocycles. The van der Waals surface area contributed by atoms with Crippen LogP contribution >= 0.6 is 22.9 Å². The summed E-state index contributed by atoms with van der Waals surface area (Å²) in [6.07, 6.45) is 0.195. The predicted molar refractivity (Wildman–Crippen MR) is 68.6 cm³/mol. The van der Waals surface area contributed by atoms with Gasteiger partial charge >= 0.3 is 0 Å². The van der Waals surface area contributed by atoms with Crippen LogP contribution in [0.25, 0.3) is 10.6 Å². The molecule has 1 amide bonds. The zero-order chi connectivity index (χ0) is 12.3. The molecule has 1 aromatic heterocycles. The molecule has 0 spiro atoms. The van der Waals surface area contributed by atoms with Crippen molar-refractivity contribution in [1.82, 2.24) is 10.4 Å². The van der Waals surface area contributed by atoms with Gasteiger partial charge in [0.05, 0.1) is 12.1 Å². The maximum atomic E-state index is 11.1. The highest BCUT2D eigenvalue weighted by Crippen LogP contribution is 2.25. The molecule has 88 valence electrons. The van der Waals surface area contributed by atoms with Gasteiger partial charge in [-0.05, 0) is 12.1 Å². The second-order valence-electron chi connectivity index (χ2n) is 3.40. The number of benzene rings is 1. The zero-order valence-electron chi connectivity index (χ0n) is 8.81. The Kier molecular flexibility index (Phi) is 3.73. The van der Waals surface area contributed by atoms with Crippen LogP contribution < -0.4 is 11.3 Å². The maximum absolute atomic E-state index is 11.1. The van der Waals surface area contributed by atoms with E-state index < -0.39 is 0 Å². The Labute approximate surface area is 107 Å². The number of nitrogens with one attached hydrogen (secondary N) is 1. The van der Waals surface area contributed by atoms with Crippen molar-refractivity contribution in [2.45, 2.75) is 6.42 Å². The van der Waals surface area contributed by atoms with Crippen LogP contribution in [0, 0.1) is 0 Å². The van der Waals surface area contributed by atoms with Crippen LogP contribution in [0.5, 0.6) is 0 Å². The fraction of sp³-hybridized carbons (Fsp3) is 0.0909. The summed E-state index contributed by atoms with van der Waals surface area (Å²) in [5.41, 5.74) is 3.77. The molecule has 4 nitrogen and oxygen atoms in total. The van der Waals surface area contributed by atoms with Crippen molar-refractivity contribution >= 4 is 28.8 Å². The third-order valence-corrected chi connectivity index (χ3v) is 3.34. The lowest BCUT2D eigenvalue weighted by molar-refractivity contribution is -0.120. The molecule has 2 aromatic rings. The first-order valence-corrected chi connectivity index (χ1v) is 6.14. The van der Waals surface area contributed by atoms with Gasteiger partial charge in [0.1, 0.15) is 5.01 Å². The Morgan fingerprint density at radius 2 is 2.12 bits per heavy atom. The average Bonchev–Trinajstić information content (AvgIpc) is 2.78. The molecule has 0 fully saturated rings. The third-order valence-electron chi connectivity index (χ3n) is 2.15. The topological polar surface area (TPSA) is 68.0 Å². The number of rotatable bonds is 3. The molecule has 17 heavy (non-hydrogen) atoms. The van der Waals surface area contributed by atoms with Crippen molar-refractivity contribution in [3.8, 4) is 10.6 Å². The Balaban J connectivity index is 2.18. The molecule has 0 aliphatic carbocycles.